The summed E-state index contributed by atoms with van der Waals surface area (Å²) in [6, 6.07) is 5.24. The van der Waals surface area contributed by atoms with Gasteiger partial charge in [0.05, 0.1) is 21.7 Å². The third kappa shape index (κ3) is 5.31. The first-order valence-electron chi connectivity index (χ1n) is 11.4. The van der Waals surface area contributed by atoms with Gasteiger partial charge in [-0.3, -0.25) is 0 Å². The number of nitrogens with zero attached hydrogens (tertiary/aromatic N) is 3. The second-order valence-electron chi connectivity index (χ2n) is 9.00. The van der Waals surface area contributed by atoms with E-state index in [1.807, 2.05) is 6.07 Å². The molecule has 1 saturated carbocycles. The number of benzene rings is 1. The highest BCUT2D eigenvalue weighted by atomic mass is 32.2. The van der Waals surface area contributed by atoms with E-state index in [-0.39, 0.29) is 28.3 Å². The third-order valence-corrected chi connectivity index (χ3v) is 8.04. The van der Waals surface area contributed by atoms with Crippen LogP contribution in [-0.2, 0) is 16.2 Å². The summed E-state index contributed by atoms with van der Waals surface area (Å²) < 4.78 is 107. The first-order chi connectivity index (χ1) is 17.2. The monoisotopic (exact) mass is 544 g/mol. The Balaban J connectivity index is 1.86. The van der Waals surface area contributed by atoms with Gasteiger partial charge in [0.2, 0.25) is 10.0 Å². The van der Waals surface area contributed by atoms with Crippen LogP contribution >= 0.6 is 0 Å². The molecular formula is C24H22F6N4O2S. The van der Waals surface area contributed by atoms with Crippen molar-refractivity contribution in [1.29, 1.82) is 5.26 Å². The zero-order valence-electron chi connectivity index (χ0n) is 19.5. The van der Waals surface area contributed by atoms with Crippen molar-refractivity contribution >= 4 is 21.1 Å². The number of alkyl halides is 6. The van der Waals surface area contributed by atoms with Crippen LogP contribution in [0.2, 0.25) is 0 Å². The second kappa shape index (κ2) is 9.64. The molecule has 13 heteroatoms. The lowest BCUT2D eigenvalue weighted by molar-refractivity contribution is -0.147. The number of hydrogen-bond donors (Lipinski definition) is 1. The van der Waals surface area contributed by atoms with Gasteiger partial charge in [-0.1, -0.05) is 31.4 Å². The number of nitrogens with one attached hydrogen (secondary N) is 1. The topological polar surface area (TPSA) is 87.8 Å². The van der Waals surface area contributed by atoms with Crippen molar-refractivity contribution in [2.45, 2.75) is 68.4 Å². The zero-order valence-corrected chi connectivity index (χ0v) is 20.3. The lowest BCUT2D eigenvalue weighted by Gasteiger charge is -2.26. The second-order valence-corrected chi connectivity index (χ2v) is 10.7. The summed E-state index contributed by atoms with van der Waals surface area (Å²) in [6.45, 7) is 0.677. The number of nitriles is 1. The van der Waals surface area contributed by atoms with Crippen LogP contribution in [0.15, 0.2) is 41.4 Å². The standard InChI is InChI=1S/C24H22F6N4O2S/c1-14(23(25,26)27)33-37(35,36)18-9-7-15(8-10-18)21-20(12-31)19-11-16(24(28,29)30)13-32-22(19)34(21)17-5-3-2-4-6-17/h7-11,13-14,17,33H,2-6H2,1H3/t14-/m1/s1. The van der Waals surface area contributed by atoms with Crippen LogP contribution in [0.1, 0.15) is 56.2 Å². The normalized spacial score (nSPS) is 16.6. The number of pyridine rings is 1. The van der Waals surface area contributed by atoms with Gasteiger partial charge in [-0.05, 0) is 43.5 Å². The highest BCUT2D eigenvalue weighted by Crippen LogP contribution is 2.41. The Bertz CT molecular complexity index is 1450. The lowest BCUT2D eigenvalue weighted by atomic mass is 9.94. The van der Waals surface area contributed by atoms with Crippen molar-refractivity contribution < 1.29 is 34.8 Å². The summed E-state index contributed by atoms with van der Waals surface area (Å²) in [6.07, 6.45) is -4.53. The van der Waals surface area contributed by atoms with Gasteiger partial charge in [-0.2, -0.15) is 36.3 Å². The number of aromatic nitrogens is 2. The van der Waals surface area contributed by atoms with Crippen LogP contribution in [0.3, 0.4) is 0 Å². The molecule has 2 heterocycles. The number of hydrogen-bond acceptors (Lipinski definition) is 4. The SMILES string of the molecule is C[C@@H](NS(=O)(=O)c1ccc(-c2c(C#N)c3cc(C(F)(F)F)cnc3n2C2CCCCC2)cc1)C(F)(F)F. The van der Waals surface area contributed by atoms with Crippen LogP contribution < -0.4 is 4.72 Å². The molecule has 0 spiro atoms. The maximum atomic E-state index is 13.4. The van der Waals surface area contributed by atoms with E-state index >= 15 is 0 Å². The minimum Gasteiger partial charge on any atom is -0.321 e. The molecule has 37 heavy (non-hydrogen) atoms. The molecule has 0 amide bonds. The van der Waals surface area contributed by atoms with Gasteiger partial charge in [0.15, 0.2) is 0 Å². The molecular weight excluding hydrogens is 522 g/mol. The Morgan fingerprint density at radius 2 is 1.70 bits per heavy atom. The summed E-state index contributed by atoms with van der Waals surface area (Å²) in [4.78, 5) is 3.64. The molecule has 1 atom stereocenters. The van der Waals surface area contributed by atoms with E-state index < -0.39 is 38.9 Å². The van der Waals surface area contributed by atoms with Crippen molar-refractivity contribution in [3.8, 4) is 17.3 Å². The molecule has 0 saturated heterocycles. The number of rotatable bonds is 5. The van der Waals surface area contributed by atoms with E-state index in [0.717, 1.165) is 56.5 Å². The summed E-state index contributed by atoms with van der Waals surface area (Å²) in [5, 5.41) is 9.98. The first kappa shape index (κ1) is 26.9. The van der Waals surface area contributed by atoms with Crippen LogP contribution in [0, 0.1) is 11.3 Å². The quantitative estimate of drug-likeness (QED) is 0.381. The summed E-state index contributed by atoms with van der Waals surface area (Å²) >= 11 is 0. The molecule has 0 unspecified atom stereocenters. The fraction of sp³-hybridized carbons (Fsp3) is 0.417. The third-order valence-electron chi connectivity index (χ3n) is 6.48. The number of fused-ring (bicyclic) bond motifs is 1. The van der Waals surface area contributed by atoms with Crippen LogP contribution in [0.5, 0.6) is 0 Å². The van der Waals surface area contributed by atoms with E-state index in [0.29, 0.717) is 12.5 Å². The van der Waals surface area contributed by atoms with E-state index in [9.17, 15) is 40.0 Å². The van der Waals surface area contributed by atoms with E-state index in [4.69, 9.17) is 0 Å². The molecule has 198 valence electrons. The highest BCUT2D eigenvalue weighted by molar-refractivity contribution is 7.89. The largest absolute Gasteiger partial charge is 0.417 e. The summed E-state index contributed by atoms with van der Waals surface area (Å²) in [7, 11) is -4.51. The predicted octanol–water partition coefficient (Wildman–Crippen LogP) is 6.33. The molecule has 1 fully saturated rings. The Morgan fingerprint density at radius 3 is 2.24 bits per heavy atom. The lowest BCUT2D eigenvalue weighted by Crippen LogP contribution is -2.42. The molecule has 0 radical (unpaired) electrons. The fourth-order valence-electron chi connectivity index (χ4n) is 4.59. The van der Waals surface area contributed by atoms with E-state index in [2.05, 4.69) is 4.98 Å². The molecule has 3 aromatic rings. The molecule has 6 nitrogen and oxygen atoms in total. The maximum absolute atomic E-state index is 13.4. The summed E-state index contributed by atoms with van der Waals surface area (Å²) in [5.74, 6) is 0. The van der Waals surface area contributed by atoms with Gasteiger partial charge in [0.25, 0.3) is 0 Å². The Labute approximate surface area is 209 Å². The first-order valence-corrected chi connectivity index (χ1v) is 12.9. The minimum atomic E-state index is -4.78. The van der Waals surface area contributed by atoms with Gasteiger partial charge in [0, 0.05) is 17.6 Å². The molecule has 4 rings (SSSR count). The average Bonchev–Trinajstić information content (AvgIpc) is 3.17. The molecule has 1 aliphatic rings. The van der Waals surface area contributed by atoms with Gasteiger partial charge in [-0.25, -0.2) is 13.4 Å². The van der Waals surface area contributed by atoms with Crippen molar-refractivity contribution in [3.05, 3.63) is 47.7 Å². The Hall–Kier alpha value is -3.11. The van der Waals surface area contributed by atoms with Crippen molar-refractivity contribution in [2.75, 3.05) is 0 Å². The van der Waals surface area contributed by atoms with Crippen LogP contribution in [0.25, 0.3) is 22.3 Å². The average molecular weight is 545 g/mol. The Morgan fingerprint density at radius 1 is 1.08 bits per heavy atom. The Kier molecular flexibility index (Phi) is 7.02. The fourth-order valence-corrected chi connectivity index (χ4v) is 5.82. The van der Waals surface area contributed by atoms with Crippen LogP contribution in [0.4, 0.5) is 26.3 Å². The van der Waals surface area contributed by atoms with Crippen molar-refractivity contribution in [2.24, 2.45) is 0 Å². The molecule has 1 aromatic carbocycles. The highest BCUT2D eigenvalue weighted by Gasteiger charge is 2.39. The molecule has 2 aromatic heterocycles. The smallest absolute Gasteiger partial charge is 0.321 e. The van der Waals surface area contributed by atoms with Crippen LogP contribution in [-0.4, -0.2) is 30.2 Å². The minimum absolute atomic E-state index is 0.0234. The molecule has 1 N–H and O–H groups in total. The molecule has 0 bridgehead atoms. The maximum Gasteiger partial charge on any atom is 0.417 e. The van der Waals surface area contributed by atoms with Gasteiger partial charge in [-0.15, -0.1) is 0 Å². The molecule has 0 aliphatic heterocycles. The van der Waals surface area contributed by atoms with Crippen molar-refractivity contribution in [3.63, 3.8) is 0 Å². The predicted molar refractivity (Wildman–Crippen MR) is 123 cm³/mol. The number of halogens is 6. The molecule has 1 aliphatic carbocycles. The van der Waals surface area contributed by atoms with E-state index in [1.165, 1.54) is 12.1 Å². The van der Waals surface area contributed by atoms with Crippen molar-refractivity contribution in [1.82, 2.24) is 14.3 Å². The number of sulfonamides is 1. The zero-order chi connectivity index (χ0) is 27.2. The van der Waals surface area contributed by atoms with Gasteiger partial charge < -0.3 is 4.57 Å². The van der Waals surface area contributed by atoms with Gasteiger partial charge in [0.1, 0.15) is 17.8 Å². The summed E-state index contributed by atoms with van der Waals surface area (Å²) in [5.41, 5.74) is -0.217. The van der Waals surface area contributed by atoms with E-state index in [1.54, 1.807) is 9.29 Å². The van der Waals surface area contributed by atoms with Gasteiger partial charge >= 0.3 is 12.4 Å².